The molecule has 41 heteroatoms. The lowest BCUT2D eigenvalue weighted by Gasteiger charge is -2.33. The molecule has 100 heavy (non-hydrogen) atoms. The number of rotatable bonds is 46. The molecule has 0 saturated heterocycles. The highest BCUT2D eigenvalue weighted by atomic mass is 16.6. The normalized spacial score (nSPS) is 13.0. The Morgan fingerprint density at radius 2 is 0.730 bits per heavy atom. The van der Waals surface area contributed by atoms with E-state index in [4.69, 9.17) is 48.4 Å². The molecule has 0 aliphatic heterocycles. The maximum Gasteiger partial charge on any atom is 0.408 e. The van der Waals surface area contributed by atoms with Crippen LogP contribution in [0.5, 0.6) is 0 Å². The number of ether oxygens (including phenoxy) is 9. The van der Waals surface area contributed by atoms with Crippen LogP contribution in [0, 0.1) is 0 Å². The van der Waals surface area contributed by atoms with Gasteiger partial charge >= 0.3 is 54.3 Å². The van der Waals surface area contributed by atoms with E-state index in [-0.39, 0.29) is 98.1 Å². The molecule has 7 N–H and O–H groups in total. The van der Waals surface area contributed by atoms with Crippen molar-refractivity contribution in [1.82, 2.24) is 111 Å². The molecular weight excluding hydrogens is 1320 g/mol. The lowest BCUT2D eigenvalue weighted by Crippen LogP contribution is -2.48. The van der Waals surface area contributed by atoms with Crippen molar-refractivity contribution < 1.29 is 85.8 Å². The summed E-state index contributed by atoms with van der Waals surface area (Å²) in [6.45, 7) is 6.46. The summed E-state index contributed by atoms with van der Waals surface area (Å²) < 4.78 is 57.2. The van der Waals surface area contributed by atoms with Gasteiger partial charge in [-0.3, -0.25) is 42.8 Å². The quantitative estimate of drug-likeness (QED) is 0.0172. The molecule has 0 saturated carbocycles. The van der Waals surface area contributed by atoms with Gasteiger partial charge in [0.15, 0.2) is 0 Å². The first-order valence-corrected chi connectivity index (χ1v) is 32.7. The molecule has 0 fully saturated rings. The van der Waals surface area contributed by atoms with Crippen LogP contribution in [0.1, 0.15) is 120 Å². The van der Waals surface area contributed by atoms with Gasteiger partial charge in [-0.25, -0.2) is 33.6 Å². The van der Waals surface area contributed by atoms with Gasteiger partial charge in [-0.1, -0.05) is 32.5 Å². The van der Waals surface area contributed by atoms with E-state index in [1.165, 1.54) is 23.4 Å². The van der Waals surface area contributed by atoms with Gasteiger partial charge in [0.25, 0.3) is 0 Å². The van der Waals surface area contributed by atoms with E-state index in [1.54, 1.807) is 93.9 Å². The van der Waals surface area contributed by atoms with Crippen molar-refractivity contribution >= 4 is 54.3 Å². The van der Waals surface area contributed by atoms with Gasteiger partial charge in [-0.2, -0.15) is 0 Å². The van der Waals surface area contributed by atoms with Crippen LogP contribution in [-0.4, -0.2) is 241 Å². The Morgan fingerprint density at radius 1 is 0.410 bits per heavy atom. The number of hydrogen-bond donors (Lipinski definition) is 6. The molecular formula is C59H95N23O18. The first-order valence-electron chi connectivity index (χ1n) is 32.7. The van der Waals surface area contributed by atoms with E-state index in [2.05, 4.69) is 78.1 Å². The Kier molecular flexibility index (Phi) is 35.4. The Balaban J connectivity index is 1.29. The van der Waals surface area contributed by atoms with Crippen molar-refractivity contribution in [3.63, 3.8) is 0 Å². The molecule has 0 aliphatic rings. The Bertz CT molecular complexity index is 3320. The lowest BCUT2D eigenvalue weighted by molar-refractivity contribution is -0.154. The number of nitrogens with one attached hydrogen (secondary N) is 5. The van der Waals surface area contributed by atoms with Gasteiger partial charge in [0.1, 0.15) is 105 Å². The summed E-state index contributed by atoms with van der Waals surface area (Å²) in [6, 6.07) is -2.41. The van der Waals surface area contributed by atoms with Gasteiger partial charge in [-0.15, -0.1) is 25.5 Å². The van der Waals surface area contributed by atoms with E-state index >= 15 is 0 Å². The second kappa shape index (κ2) is 44.0. The average molecular weight is 1410 g/mol. The SMILES string of the molecule is CC(CN(CCN(CC(C)OC(=O)C(CCCCN)NC(=O)OCc1cn(C)nn1)CC(C)OC(=O)C(CCCCNC(=O)OCc1cn(C)nn1)NC(=O)OCc1cn(C)nn1)CC(C)OC(=O)CNC(=O)OCc1cn(C)nn1)OC(=O)CCCCCNC(=O)OCc1cn(C)nn1. The zero-order valence-corrected chi connectivity index (χ0v) is 58.1. The molecule has 41 nitrogen and oxygen atoms in total. The molecule has 0 aliphatic carbocycles. The van der Waals surface area contributed by atoms with Crippen LogP contribution < -0.4 is 32.3 Å². The monoisotopic (exact) mass is 1410 g/mol. The predicted octanol–water partition coefficient (Wildman–Crippen LogP) is 0.189. The number of alkyl carbamates (subject to hydrolysis) is 5. The van der Waals surface area contributed by atoms with E-state index in [1.807, 2.05) is 9.80 Å². The minimum Gasteiger partial charge on any atom is -0.461 e. The van der Waals surface area contributed by atoms with Crippen LogP contribution in [0.15, 0.2) is 31.0 Å². The van der Waals surface area contributed by atoms with Crippen molar-refractivity contribution in [1.29, 1.82) is 0 Å². The van der Waals surface area contributed by atoms with Crippen LogP contribution in [-0.2, 0) is 130 Å². The third-order valence-corrected chi connectivity index (χ3v) is 14.1. The maximum atomic E-state index is 14.3. The molecule has 554 valence electrons. The number of hydrogen-bond acceptors (Lipinski definition) is 31. The molecule has 6 atom stereocenters. The summed E-state index contributed by atoms with van der Waals surface area (Å²) in [4.78, 5) is 122. The summed E-state index contributed by atoms with van der Waals surface area (Å²) >= 11 is 0. The van der Waals surface area contributed by atoms with E-state index in [9.17, 15) is 43.2 Å². The third-order valence-electron chi connectivity index (χ3n) is 14.1. The predicted molar refractivity (Wildman–Crippen MR) is 344 cm³/mol. The Hall–Kier alpha value is -10.2. The number of nitrogens with zero attached hydrogens (tertiary/aromatic N) is 17. The number of aromatic nitrogens is 15. The molecule has 5 aromatic rings. The molecule has 0 radical (unpaired) electrons. The molecule has 0 aromatic carbocycles. The Labute approximate surface area is 577 Å². The van der Waals surface area contributed by atoms with E-state index in [0.29, 0.717) is 86.5 Å². The zero-order valence-electron chi connectivity index (χ0n) is 58.1. The van der Waals surface area contributed by atoms with Crippen LogP contribution in [0.25, 0.3) is 0 Å². The molecule has 0 bridgehead atoms. The largest absolute Gasteiger partial charge is 0.461 e. The van der Waals surface area contributed by atoms with Crippen molar-refractivity contribution in [3.8, 4) is 0 Å². The summed E-state index contributed by atoms with van der Waals surface area (Å²) in [5.41, 5.74) is 7.82. The van der Waals surface area contributed by atoms with E-state index in [0.717, 1.165) is 0 Å². The fourth-order valence-corrected chi connectivity index (χ4v) is 9.60. The van der Waals surface area contributed by atoms with Crippen molar-refractivity contribution in [3.05, 3.63) is 59.5 Å². The molecule has 5 heterocycles. The van der Waals surface area contributed by atoms with Crippen molar-refractivity contribution in [2.24, 2.45) is 41.0 Å². The van der Waals surface area contributed by atoms with Crippen molar-refractivity contribution in [2.75, 3.05) is 65.4 Å². The second-order valence-electron chi connectivity index (χ2n) is 23.6. The van der Waals surface area contributed by atoms with Crippen LogP contribution in [0.2, 0.25) is 0 Å². The standard InChI is InChI=1S/C59H95N23O18/c1-40(97-51(83)19-11-10-15-21-61-55(87)92-35-44-30-76(5)71-66-44)26-81(27-41(2)98-52(84)25-63-57(89)94-37-46-32-78(7)73-68-46)23-24-82(28-42(3)99-53(85)49(17-12-14-20-60)64-58(90)95-38-47-33-79(8)74-69-47)29-43(4)100-54(86)50(65-59(91)96-39-48-34-80(9)75-70-48)18-13-16-22-62-56(88)93-36-45-31-77(6)72-67-45/h30-34,40-43,49-50H,10-29,35-39,60H2,1-9H3,(H,61,87)(H,62,88)(H,63,89)(H,64,90)(H,65,91). The first-order chi connectivity index (χ1) is 47.9. The number of esters is 4. The summed E-state index contributed by atoms with van der Waals surface area (Å²) in [7, 11) is 8.31. The van der Waals surface area contributed by atoms with Gasteiger partial charge in [0.2, 0.25) is 0 Å². The summed E-state index contributed by atoms with van der Waals surface area (Å²) in [5.74, 6) is -2.88. The molecule has 6 unspecified atom stereocenters. The molecule has 5 rings (SSSR count). The molecule has 0 spiro atoms. The number of amides is 5. The smallest absolute Gasteiger partial charge is 0.408 e. The molecule has 5 aromatic heterocycles. The fourth-order valence-electron chi connectivity index (χ4n) is 9.60. The van der Waals surface area contributed by atoms with E-state index < -0.39 is 97.4 Å². The zero-order chi connectivity index (χ0) is 72.8. The number of carbonyl (C=O) groups is 9. The molecule has 5 amide bonds. The van der Waals surface area contributed by atoms with Gasteiger partial charge in [-0.05, 0) is 85.6 Å². The minimum absolute atomic E-state index is 0.00591. The number of carbonyl (C=O) groups excluding carboxylic acids is 9. The topological polar surface area (TPSA) is 483 Å². The highest BCUT2D eigenvalue weighted by Crippen LogP contribution is 2.14. The van der Waals surface area contributed by atoms with Crippen LogP contribution in [0.4, 0.5) is 24.0 Å². The van der Waals surface area contributed by atoms with Gasteiger partial charge in [0, 0.05) is 94.0 Å². The summed E-state index contributed by atoms with van der Waals surface area (Å²) in [5, 5.41) is 51.4. The van der Waals surface area contributed by atoms with Gasteiger partial charge < -0.3 is 74.9 Å². The maximum absolute atomic E-state index is 14.3. The Morgan fingerprint density at radius 3 is 1.08 bits per heavy atom. The lowest BCUT2D eigenvalue weighted by atomic mass is 10.1. The average Bonchev–Trinajstić information content (AvgIpc) is 1.48. The van der Waals surface area contributed by atoms with Crippen LogP contribution in [0.3, 0.4) is 0 Å². The van der Waals surface area contributed by atoms with Gasteiger partial charge in [0.05, 0.1) is 31.0 Å². The number of nitrogens with two attached hydrogens (primary N) is 1. The number of unbranched alkanes of at least 4 members (excludes halogenated alkanes) is 4. The third kappa shape index (κ3) is 33.9. The number of aryl methyl sites for hydroxylation is 5. The van der Waals surface area contributed by atoms with Crippen LogP contribution >= 0.6 is 0 Å². The van der Waals surface area contributed by atoms with Crippen molar-refractivity contribution in [2.45, 2.75) is 161 Å². The highest BCUT2D eigenvalue weighted by Gasteiger charge is 2.30. The first kappa shape index (κ1) is 80.5. The minimum atomic E-state index is -1.26. The highest BCUT2D eigenvalue weighted by molar-refractivity contribution is 5.82. The summed E-state index contributed by atoms with van der Waals surface area (Å²) in [6.07, 6.45) is 3.92. The second-order valence-corrected chi connectivity index (χ2v) is 23.6. The fraction of sp³-hybridized carbons (Fsp3) is 0.678.